The summed E-state index contributed by atoms with van der Waals surface area (Å²) in [4.78, 5) is 0. The SMILES string of the molecule is CC1CCN(S(=O)(=O)Cc2ccc(CN)cc2)CC1C. The molecular formula is C15H24N2O2S. The average Bonchev–Trinajstić information content (AvgIpc) is 2.42. The first-order valence-electron chi connectivity index (χ1n) is 7.18. The highest BCUT2D eigenvalue weighted by Gasteiger charge is 2.30. The van der Waals surface area contributed by atoms with Crippen LogP contribution in [0.4, 0.5) is 0 Å². The minimum Gasteiger partial charge on any atom is -0.326 e. The molecule has 1 aromatic carbocycles. The smallest absolute Gasteiger partial charge is 0.218 e. The molecule has 112 valence electrons. The van der Waals surface area contributed by atoms with Gasteiger partial charge in [0, 0.05) is 19.6 Å². The molecule has 0 aromatic heterocycles. The molecule has 1 aliphatic heterocycles. The van der Waals surface area contributed by atoms with E-state index in [1.807, 2.05) is 24.3 Å². The Hall–Kier alpha value is -0.910. The Kier molecular flexibility index (Phi) is 4.83. The van der Waals surface area contributed by atoms with Crippen molar-refractivity contribution in [1.29, 1.82) is 0 Å². The van der Waals surface area contributed by atoms with E-state index in [2.05, 4.69) is 13.8 Å². The van der Waals surface area contributed by atoms with Gasteiger partial charge in [0.1, 0.15) is 0 Å². The lowest BCUT2D eigenvalue weighted by Crippen LogP contribution is -2.42. The van der Waals surface area contributed by atoms with Crippen LogP contribution in [0.2, 0.25) is 0 Å². The number of nitrogens with zero attached hydrogens (tertiary/aromatic N) is 1. The largest absolute Gasteiger partial charge is 0.326 e. The summed E-state index contributed by atoms with van der Waals surface area (Å²) < 4.78 is 26.6. The molecule has 0 saturated carbocycles. The second-order valence-corrected chi connectivity index (χ2v) is 7.85. The topological polar surface area (TPSA) is 63.4 Å². The molecule has 0 bridgehead atoms. The van der Waals surface area contributed by atoms with E-state index in [1.54, 1.807) is 4.31 Å². The zero-order chi connectivity index (χ0) is 14.8. The first-order valence-corrected chi connectivity index (χ1v) is 8.79. The lowest BCUT2D eigenvalue weighted by molar-refractivity contribution is 0.212. The molecule has 1 heterocycles. The van der Waals surface area contributed by atoms with Crippen LogP contribution in [-0.4, -0.2) is 25.8 Å². The summed E-state index contributed by atoms with van der Waals surface area (Å²) in [6.07, 6.45) is 0.951. The Morgan fingerprint density at radius 2 is 1.75 bits per heavy atom. The minimum atomic E-state index is -3.21. The number of hydrogen-bond donors (Lipinski definition) is 1. The van der Waals surface area contributed by atoms with Crippen molar-refractivity contribution in [3.8, 4) is 0 Å². The van der Waals surface area contributed by atoms with Crippen molar-refractivity contribution in [1.82, 2.24) is 4.31 Å². The van der Waals surface area contributed by atoms with Gasteiger partial charge in [-0.15, -0.1) is 0 Å². The summed E-state index contributed by atoms with van der Waals surface area (Å²) >= 11 is 0. The van der Waals surface area contributed by atoms with Crippen molar-refractivity contribution < 1.29 is 8.42 Å². The Morgan fingerprint density at radius 3 is 2.30 bits per heavy atom. The highest BCUT2D eigenvalue weighted by Crippen LogP contribution is 2.25. The van der Waals surface area contributed by atoms with Crippen LogP contribution in [0.1, 0.15) is 31.4 Å². The van der Waals surface area contributed by atoms with Crippen LogP contribution in [0, 0.1) is 11.8 Å². The Balaban J connectivity index is 2.06. The molecule has 0 amide bonds. The molecule has 2 unspecified atom stereocenters. The summed E-state index contributed by atoms with van der Waals surface area (Å²) in [6, 6.07) is 7.50. The Labute approximate surface area is 122 Å². The van der Waals surface area contributed by atoms with Gasteiger partial charge in [0.25, 0.3) is 0 Å². The van der Waals surface area contributed by atoms with E-state index in [-0.39, 0.29) is 5.75 Å². The predicted molar refractivity (Wildman–Crippen MR) is 81.5 cm³/mol. The highest BCUT2D eigenvalue weighted by molar-refractivity contribution is 7.88. The quantitative estimate of drug-likeness (QED) is 0.923. The van der Waals surface area contributed by atoms with Crippen LogP contribution in [0.25, 0.3) is 0 Å². The van der Waals surface area contributed by atoms with Gasteiger partial charge in [-0.3, -0.25) is 0 Å². The second kappa shape index (κ2) is 6.24. The maximum Gasteiger partial charge on any atom is 0.218 e. The van der Waals surface area contributed by atoms with Crippen LogP contribution in [-0.2, 0) is 22.3 Å². The third kappa shape index (κ3) is 3.59. The monoisotopic (exact) mass is 296 g/mol. The molecule has 0 spiro atoms. The third-order valence-electron chi connectivity index (χ3n) is 4.30. The van der Waals surface area contributed by atoms with Crippen LogP contribution >= 0.6 is 0 Å². The number of sulfonamides is 1. The fourth-order valence-corrected chi connectivity index (χ4v) is 4.19. The number of nitrogens with two attached hydrogens (primary N) is 1. The van der Waals surface area contributed by atoms with Gasteiger partial charge in [-0.2, -0.15) is 0 Å². The van der Waals surface area contributed by atoms with Gasteiger partial charge in [0.05, 0.1) is 5.75 Å². The van der Waals surface area contributed by atoms with E-state index in [1.165, 1.54) is 0 Å². The van der Waals surface area contributed by atoms with Gasteiger partial charge in [0.15, 0.2) is 0 Å². The van der Waals surface area contributed by atoms with Crippen molar-refractivity contribution >= 4 is 10.0 Å². The normalized spacial score (nSPS) is 24.8. The molecule has 2 rings (SSSR count). The van der Waals surface area contributed by atoms with Gasteiger partial charge < -0.3 is 5.73 Å². The summed E-state index contributed by atoms with van der Waals surface area (Å²) in [6.45, 7) is 6.09. The van der Waals surface area contributed by atoms with Crippen molar-refractivity contribution in [2.24, 2.45) is 17.6 Å². The number of piperidine rings is 1. The first kappa shape index (κ1) is 15.5. The maximum absolute atomic E-state index is 12.5. The number of benzene rings is 1. The van der Waals surface area contributed by atoms with E-state index in [0.717, 1.165) is 17.5 Å². The van der Waals surface area contributed by atoms with Gasteiger partial charge in [0.2, 0.25) is 10.0 Å². The van der Waals surface area contributed by atoms with E-state index >= 15 is 0 Å². The molecule has 20 heavy (non-hydrogen) atoms. The summed E-state index contributed by atoms with van der Waals surface area (Å²) in [5.74, 6) is 1.11. The van der Waals surface area contributed by atoms with Crippen molar-refractivity contribution in [3.05, 3.63) is 35.4 Å². The third-order valence-corrected chi connectivity index (χ3v) is 6.11. The first-order chi connectivity index (χ1) is 9.42. The van der Waals surface area contributed by atoms with Crippen molar-refractivity contribution in [3.63, 3.8) is 0 Å². The van der Waals surface area contributed by atoms with Gasteiger partial charge >= 0.3 is 0 Å². The Morgan fingerprint density at radius 1 is 1.15 bits per heavy atom. The molecule has 4 nitrogen and oxygen atoms in total. The second-order valence-electron chi connectivity index (χ2n) is 5.88. The Bertz CT molecular complexity index is 539. The minimum absolute atomic E-state index is 0.0823. The molecule has 5 heteroatoms. The van der Waals surface area contributed by atoms with Crippen LogP contribution in [0.3, 0.4) is 0 Å². The van der Waals surface area contributed by atoms with Crippen molar-refractivity contribution in [2.45, 2.75) is 32.6 Å². The van der Waals surface area contributed by atoms with Gasteiger partial charge in [-0.25, -0.2) is 12.7 Å². The lowest BCUT2D eigenvalue weighted by atomic mass is 9.90. The molecule has 2 atom stereocenters. The summed E-state index contributed by atoms with van der Waals surface area (Å²) in [5, 5.41) is 0. The lowest BCUT2D eigenvalue weighted by Gasteiger charge is -2.34. The highest BCUT2D eigenvalue weighted by atomic mass is 32.2. The molecule has 1 aromatic rings. The number of rotatable bonds is 4. The zero-order valence-electron chi connectivity index (χ0n) is 12.2. The van der Waals surface area contributed by atoms with Crippen LogP contribution in [0.15, 0.2) is 24.3 Å². The fraction of sp³-hybridized carbons (Fsp3) is 0.600. The maximum atomic E-state index is 12.5. The van der Waals surface area contributed by atoms with Crippen LogP contribution in [0.5, 0.6) is 0 Å². The molecular weight excluding hydrogens is 272 g/mol. The average molecular weight is 296 g/mol. The summed E-state index contributed by atoms with van der Waals surface area (Å²) in [7, 11) is -3.21. The van der Waals surface area contributed by atoms with E-state index in [0.29, 0.717) is 31.5 Å². The van der Waals surface area contributed by atoms with E-state index < -0.39 is 10.0 Å². The van der Waals surface area contributed by atoms with E-state index in [4.69, 9.17) is 5.73 Å². The van der Waals surface area contributed by atoms with E-state index in [9.17, 15) is 8.42 Å². The molecule has 2 N–H and O–H groups in total. The predicted octanol–water partition coefficient (Wildman–Crippen LogP) is 1.95. The van der Waals surface area contributed by atoms with Crippen molar-refractivity contribution in [2.75, 3.05) is 13.1 Å². The molecule has 0 aliphatic carbocycles. The fourth-order valence-electron chi connectivity index (χ4n) is 2.55. The molecule has 1 aliphatic rings. The zero-order valence-corrected chi connectivity index (χ0v) is 13.1. The van der Waals surface area contributed by atoms with Gasteiger partial charge in [-0.05, 0) is 29.4 Å². The standard InChI is InChI=1S/C15H24N2O2S/c1-12-7-8-17(10-13(12)2)20(18,19)11-15-5-3-14(9-16)4-6-15/h3-6,12-13H,7-11,16H2,1-2H3. The molecule has 1 saturated heterocycles. The molecule has 0 radical (unpaired) electrons. The summed E-state index contributed by atoms with van der Waals surface area (Å²) in [5.41, 5.74) is 7.39. The number of hydrogen-bond acceptors (Lipinski definition) is 3. The molecule has 1 fully saturated rings. The van der Waals surface area contributed by atoms with Crippen LogP contribution < -0.4 is 5.73 Å². The van der Waals surface area contributed by atoms with Gasteiger partial charge in [-0.1, -0.05) is 38.1 Å².